The Morgan fingerprint density at radius 3 is 3.09 bits per heavy atom. The van der Waals surface area contributed by atoms with Gasteiger partial charge in [-0.25, -0.2) is 0 Å². The average molecular weight is 335 g/mol. The molecule has 2 aliphatic rings. The molecule has 23 heavy (non-hydrogen) atoms. The van der Waals surface area contributed by atoms with Crippen LogP contribution in [-0.4, -0.2) is 43.9 Å². The normalized spacial score (nSPS) is 28.7. The third kappa shape index (κ3) is 3.70. The minimum atomic E-state index is 0.324. The van der Waals surface area contributed by atoms with Crippen molar-refractivity contribution in [2.75, 3.05) is 26.9 Å². The van der Waals surface area contributed by atoms with Gasteiger partial charge in [-0.1, -0.05) is 24.1 Å². The Bertz CT molecular complexity index is 587. The maximum atomic E-state index is 9.36. The second-order valence-corrected chi connectivity index (χ2v) is 6.83. The number of benzene rings is 1. The number of ether oxygens (including phenoxy) is 2. The molecule has 1 aliphatic carbocycles. The number of halogens is 1. The van der Waals surface area contributed by atoms with Gasteiger partial charge in [-0.2, -0.15) is 5.26 Å². The molecular formula is C18H23ClN2O2. The summed E-state index contributed by atoms with van der Waals surface area (Å²) in [5, 5.41) is 9.97. The van der Waals surface area contributed by atoms with E-state index in [-0.39, 0.29) is 0 Å². The van der Waals surface area contributed by atoms with E-state index in [0.29, 0.717) is 28.6 Å². The number of hydrogen-bond acceptors (Lipinski definition) is 4. The minimum absolute atomic E-state index is 0.324. The van der Waals surface area contributed by atoms with Crippen molar-refractivity contribution in [3.05, 3.63) is 34.3 Å². The van der Waals surface area contributed by atoms with Crippen LogP contribution in [0, 0.1) is 17.2 Å². The summed E-state index contributed by atoms with van der Waals surface area (Å²) in [5.41, 5.74) is 1.70. The lowest BCUT2D eigenvalue weighted by Crippen LogP contribution is -2.50. The Hall–Kier alpha value is -1.12. The van der Waals surface area contributed by atoms with E-state index in [1.165, 1.54) is 12.8 Å². The lowest BCUT2D eigenvalue weighted by molar-refractivity contribution is -0.0608. The van der Waals surface area contributed by atoms with Crippen LogP contribution >= 0.6 is 11.6 Å². The number of rotatable bonds is 4. The molecule has 0 radical (unpaired) electrons. The predicted molar refractivity (Wildman–Crippen MR) is 89.3 cm³/mol. The second-order valence-electron chi connectivity index (χ2n) is 6.39. The average Bonchev–Trinajstić information content (AvgIpc) is 3.05. The number of morpholine rings is 1. The molecule has 1 saturated carbocycles. The van der Waals surface area contributed by atoms with Crippen LogP contribution < -0.4 is 0 Å². The minimum Gasteiger partial charge on any atom is -0.381 e. The van der Waals surface area contributed by atoms with E-state index in [1.807, 2.05) is 19.2 Å². The SMILES string of the molecule is CO[C@@H]1CCC[C@H]1[C@@H]1COCCN1Cc1ccc(Cl)cc1C#N. The van der Waals surface area contributed by atoms with Crippen molar-refractivity contribution in [3.8, 4) is 6.07 Å². The van der Waals surface area contributed by atoms with E-state index in [2.05, 4.69) is 11.0 Å². The van der Waals surface area contributed by atoms with Gasteiger partial charge in [-0.15, -0.1) is 0 Å². The van der Waals surface area contributed by atoms with Crippen molar-refractivity contribution in [1.29, 1.82) is 5.26 Å². The zero-order valence-electron chi connectivity index (χ0n) is 13.5. The smallest absolute Gasteiger partial charge is 0.0995 e. The zero-order valence-corrected chi connectivity index (χ0v) is 14.3. The Morgan fingerprint density at radius 2 is 2.30 bits per heavy atom. The van der Waals surface area contributed by atoms with Crippen LogP contribution in [0.5, 0.6) is 0 Å². The summed E-state index contributed by atoms with van der Waals surface area (Å²) >= 11 is 6.01. The first-order valence-electron chi connectivity index (χ1n) is 8.26. The first-order valence-corrected chi connectivity index (χ1v) is 8.64. The van der Waals surface area contributed by atoms with Gasteiger partial charge in [0.2, 0.25) is 0 Å². The molecule has 1 saturated heterocycles. The predicted octanol–water partition coefficient (Wildman–Crippen LogP) is 3.23. The van der Waals surface area contributed by atoms with Crippen molar-refractivity contribution in [1.82, 2.24) is 4.90 Å². The van der Waals surface area contributed by atoms with Crippen LogP contribution in [0.15, 0.2) is 18.2 Å². The molecule has 0 bridgehead atoms. The van der Waals surface area contributed by atoms with E-state index >= 15 is 0 Å². The third-order valence-corrected chi connectivity index (χ3v) is 5.38. The van der Waals surface area contributed by atoms with Gasteiger partial charge in [-0.05, 0) is 30.5 Å². The quantitative estimate of drug-likeness (QED) is 0.848. The highest BCUT2D eigenvalue weighted by Gasteiger charge is 2.38. The van der Waals surface area contributed by atoms with Gasteiger partial charge in [0.15, 0.2) is 0 Å². The molecule has 1 aliphatic heterocycles. The Labute approximate surface area is 142 Å². The largest absolute Gasteiger partial charge is 0.381 e. The van der Waals surface area contributed by atoms with Gasteiger partial charge in [0.1, 0.15) is 0 Å². The molecule has 0 N–H and O–H groups in total. The summed E-state index contributed by atoms with van der Waals surface area (Å²) in [6.45, 7) is 3.16. The molecule has 3 atom stereocenters. The van der Waals surface area contributed by atoms with E-state index in [4.69, 9.17) is 21.1 Å². The summed E-state index contributed by atoms with van der Waals surface area (Å²) in [6, 6.07) is 8.20. The summed E-state index contributed by atoms with van der Waals surface area (Å²) in [5.74, 6) is 0.512. The number of methoxy groups -OCH3 is 1. The van der Waals surface area contributed by atoms with Gasteiger partial charge >= 0.3 is 0 Å². The van der Waals surface area contributed by atoms with Crippen molar-refractivity contribution in [3.63, 3.8) is 0 Å². The molecule has 3 rings (SSSR count). The zero-order chi connectivity index (χ0) is 16.2. The summed E-state index contributed by atoms with van der Waals surface area (Å²) in [7, 11) is 1.81. The van der Waals surface area contributed by atoms with E-state index in [9.17, 15) is 5.26 Å². The van der Waals surface area contributed by atoms with Crippen molar-refractivity contribution >= 4 is 11.6 Å². The standard InChI is InChI=1S/C18H23ClN2O2/c1-22-18-4-2-3-16(18)17-12-23-8-7-21(17)11-13-5-6-15(19)9-14(13)10-20/h5-6,9,16-18H,2-4,7-8,11-12H2,1H3/t16-,17-,18+/m0/s1. The molecule has 2 fully saturated rings. The summed E-state index contributed by atoms with van der Waals surface area (Å²) in [6.07, 6.45) is 3.87. The lowest BCUT2D eigenvalue weighted by Gasteiger charge is -2.40. The van der Waals surface area contributed by atoms with Gasteiger partial charge in [0, 0.05) is 37.2 Å². The van der Waals surface area contributed by atoms with Crippen molar-refractivity contribution in [2.24, 2.45) is 5.92 Å². The van der Waals surface area contributed by atoms with Gasteiger partial charge in [0.05, 0.1) is 31.0 Å². The van der Waals surface area contributed by atoms with Crippen molar-refractivity contribution < 1.29 is 9.47 Å². The van der Waals surface area contributed by atoms with Crippen LogP contribution in [0.25, 0.3) is 0 Å². The Balaban J connectivity index is 1.78. The molecule has 124 valence electrons. The molecule has 0 spiro atoms. The number of hydrogen-bond donors (Lipinski definition) is 0. The molecule has 1 aromatic rings. The maximum Gasteiger partial charge on any atom is 0.0995 e. The fourth-order valence-electron chi connectivity index (χ4n) is 3.94. The molecule has 1 aromatic carbocycles. The maximum absolute atomic E-state index is 9.36. The van der Waals surface area contributed by atoms with Gasteiger partial charge < -0.3 is 9.47 Å². The van der Waals surface area contributed by atoms with Crippen LogP contribution in [0.3, 0.4) is 0 Å². The lowest BCUT2D eigenvalue weighted by atomic mass is 9.93. The topological polar surface area (TPSA) is 45.5 Å². The van der Waals surface area contributed by atoms with Crippen LogP contribution in [-0.2, 0) is 16.0 Å². The van der Waals surface area contributed by atoms with E-state index < -0.39 is 0 Å². The summed E-state index contributed by atoms with van der Waals surface area (Å²) < 4.78 is 11.4. The molecule has 5 heteroatoms. The highest BCUT2D eigenvalue weighted by Crippen LogP contribution is 2.34. The Morgan fingerprint density at radius 1 is 1.43 bits per heavy atom. The number of nitriles is 1. The second kappa shape index (κ2) is 7.63. The molecule has 4 nitrogen and oxygen atoms in total. The van der Waals surface area contributed by atoms with Gasteiger partial charge in [0.25, 0.3) is 0 Å². The molecule has 0 aromatic heterocycles. The Kier molecular flexibility index (Phi) is 5.55. The fraction of sp³-hybridized carbons (Fsp3) is 0.611. The van der Waals surface area contributed by atoms with E-state index in [0.717, 1.165) is 38.3 Å². The number of nitrogens with zero attached hydrogens (tertiary/aromatic N) is 2. The molecular weight excluding hydrogens is 312 g/mol. The fourth-order valence-corrected chi connectivity index (χ4v) is 4.12. The highest BCUT2D eigenvalue weighted by atomic mass is 35.5. The first kappa shape index (κ1) is 16.7. The van der Waals surface area contributed by atoms with Crippen LogP contribution in [0.1, 0.15) is 30.4 Å². The highest BCUT2D eigenvalue weighted by molar-refractivity contribution is 6.30. The van der Waals surface area contributed by atoms with Crippen LogP contribution in [0.4, 0.5) is 0 Å². The monoisotopic (exact) mass is 334 g/mol. The molecule has 0 unspecified atom stereocenters. The molecule has 1 heterocycles. The van der Waals surface area contributed by atoms with E-state index in [1.54, 1.807) is 6.07 Å². The van der Waals surface area contributed by atoms with Crippen molar-refractivity contribution in [2.45, 2.75) is 38.0 Å². The van der Waals surface area contributed by atoms with Gasteiger partial charge in [-0.3, -0.25) is 4.90 Å². The third-order valence-electron chi connectivity index (χ3n) is 5.15. The van der Waals surface area contributed by atoms with Crippen LogP contribution in [0.2, 0.25) is 5.02 Å². The molecule has 0 amide bonds. The first-order chi connectivity index (χ1) is 11.2. The summed E-state index contributed by atoms with van der Waals surface area (Å²) in [4.78, 5) is 2.45.